The maximum Gasteiger partial charge on any atom is 0.488 e. The minimum absolute atomic E-state index is 1.08. The molecule has 7 N–H and O–H groups in total. The molecule has 1 saturated heterocycles. The SMILES string of the molecule is [B][C@@H]1N[C@H](OCP(=O)(O)OP(=O)(O)OP(=O)(O)O)[C@@H](O)[C@H]1O. The third-order valence-electron chi connectivity index (χ3n) is 2.24. The van der Waals surface area contributed by atoms with Crippen LogP contribution in [0.1, 0.15) is 0 Å². The van der Waals surface area contributed by atoms with E-state index in [1.54, 1.807) is 0 Å². The van der Waals surface area contributed by atoms with Crippen LogP contribution >= 0.6 is 23.2 Å². The molecule has 1 aliphatic heterocycles. The molecule has 6 atom stereocenters. The molecule has 128 valence electrons. The Morgan fingerprint density at radius 1 is 1.00 bits per heavy atom. The Balaban J connectivity index is 2.60. The maximum atomic E-state index is 11.5. The van der Waals surface area contributed by atoms with Crippen molar-refractivity contribution in [1.29, 1.82) is 0 Å². The van der Waals surface area contributed by atoms with Gasteiger partial charge in [0.2, 0.25) is 0 Å². The minimum atomic E-state index is -5.55. The third kappa shape index (κ3) is 6.46. The number of phosphoric acid groups is 2. The summed E-state index contributed by atoms with van der Waals surface area (Å²) in [6.07, 6.45) is -5.63. The van der Waals surface area contributed by atoms with Gasteiger partial charge < -0.3 is 34.5 Å². The number of hydrogen-bond acceptors (Lipinski definition) is 9. The molecule has 0 spiro atoms. The molecule has 1 aliphatic rings. The third-order valence-corrected chi connectivity index (χ3v) is 6.24. The Morgan fingerprint density at radius 3 is 1.95 bits per heavy atom. The first-order valence-corrected chi connectivity index (χ1v) is 10.1. The summed E-state index contributed by atoms with van der Waals surface area (Å²) in [5, 5.41) is 21.1. The minimum Gasteiger partial charge on any atom is -0.389 e. The zero-order valence-electron chi connectivity index (χ0n) is 10.6. The van der Waals surface area contributed by atoms with Crippen molar-refractivity contribution in [3.63, 3.8) is 0 Å². The molecule has 0 saturated carbocycles. The number of rotatable bonds is 7. The van der Waals surface area contributed by atoms with Gasteiger partial charge in [0.25, 0.3) is 0 Å². The summed E-state index contributed by atoms with van der Waals surface area (Å²) in [4.78, 5) is 34.9. The summed E-state index contributed by atoms with van der Waals surface area (Å²) in [5.41, 5.74) is 0. The Hall–Kier alpha value is 0.355. The highest BCUT2D eigenvalue weighted by molar-refractivity contribution is 7.68. The molecule has 17 heteroatoms. The zero-order chi connectivity index (χ0) is 17.3. The van der Waals surface area contributed by atoms with Crippen LogP contribution in [0.2, 0.25) is 0 Å². The maximum absolute atomic E-state index is 11.5. The van der Waals surface area contributed by atoms with Crippen LogP contribution in [0.25, 0.3) is 0 Å². The lowest BCUT2D eigenvalue weighted by molar-refractivity contribution is -0.0502. The summed E-state index contributed by atoms with van der Waals surface area (Å²) in [7, 11) is -10.7. The van der Waals surface area contributed by atoms with Gasteiger partial charge in [0.1, 0.15) is 12.3 Å². The van der Waals surface area contributed by atoms with E-state index in [1.807, 2.05) is 0 Å². The highest BCUT2D eigenvalue weighted by atomic mass is 31.3. The molecule has 1 rings (SSSR count). The van der Waals surface area contributed by atoms with Gasteiger partial charge in [-0.3, -0.25) is 9.88 Å². The first-order valence-electron chi connectivity index (χ1n) is 5.35. The number of hydrogen-bond donors (Lipinski definition) is 7. The number of aliphatic hydroxyl groups is 2. The van der Waals surface area contributed by atoms with Gasteiger partial charge in [-0.05, 0) is 5.94 Å². The quantitative estimate of drug-likeness (QED) is 0.179. The van der Waals surface area contributed by atoms with Crippen molar-refractivity contribution in [2.75, 3.05) is 6.35 Å². The summed E-state index contributed by atoms with van der Waals surface area (Å²) in [6, 6.07) is 0. The van der Waals surface area contributed by atoms with Crippen molar-refractivity contribution in [3.8, 4) is 0 Å². The Labute approximate surface area is 125 Å². The Morgan fingerprint density at radius 2 is 1.55 bits per heavy atom. The van der Waals surface area contributed by atoms with Crippen molar-refractivity contribution >= 4 is 31.1 Å². The first kappa shape index (κ1) is 20.4. The van der Waals surface area contributed by atoms with Gasteiger partial charge >= 0.3 is 23.2 Å². The molecule has 0 aromatic heterocycles. The second-order valence-corrected chi connectivity index (χ2v) is 8.91. The van der Waals surface area contributed by atoms with E-state index in [9.17, 15) is 28.8 Å². The smallest absolute Gasteiger partial charge is 0.389 e. The summed E-state index contributed by atoms with van der Waals surface area (Å²) in [5.74, 6) is -1.08. The van der Waals surface area contributed by atoms with E-state index in [4.69, 9.17) is 22.5 Å². The molecule has 0 amide bonds. The predicted molar refractivity (Wildman–Crippen MR) is 68.3 cm³/mol. The first-order chi connectivity index (χ1) is 9.72. The van der Waals surface area contributed by atoms with Gasteiger partial charge in [0.15, 0.2) is 6.35 Å². The van der Waals surface area contributed by atoms with E-state index in [-0.39, 0.29) is 0 Å². The second kappa shape index (κ2) is 7.08. The molecule has 2 radical (unpaired) electrons. The lowest BCUT2D eigenvalue weighted by Crippen LogP contribution is -2.36. The normalized spacial score (nSPS) is 35.0. The van der Waals surface area contributed by atoms with Crippen LogP contribution in [0.3, 0.4) is 0 Å². The van der Waals surface area contributed by atoms with Gasteiger partial charge in [-0.2, -0.15) is 4.31 Å². The molecule has 0 aromatic carbocycles. The van der Waals surface area contributed by atoms with Crippen LogP contribution in [-0.2, 0) is 27.1 Å². The second-order valence-electron chi connectivity index (χ2n) is 4.15. The fraction of sp³-hybridized carbons (Fsp3) is 1.00. The molecule has 1 fully saturated rings. The summed E-state index contributed by atoms with van der Waals surface area (Å²) < 4.78 is 44.7. The number of ether oxygens (including phenoxy) is 1. The topological polar surface area (TPSA) is 212 Å². The van der Waals surface area contributed by atoms with Gasteiger partial charge in [0.05, 0.1) is 14.0 Å². The van der Waals surface area contributed by atoms with Crippen molar-refractivity contribution in [3.05, 3.63) is 0 Å². The molecular weight excluding hydrogens is 370 g/mol. The average Bonchev–Trinajstić information content (AvgIpc) is 2.49. The number of aliphatic hydroxyl groups excluding tert-OH is 2. The van der Waals surface area contributed by atoms with E-state index in [0.717, 1.165) is 0 Å². The number of nitrogens with one attached hydrogen (secondary N) is 1. The molecular formula is C5H13BNO12P3. The summed E-state index contributed by atoms with van der Waals surface area (Å²) >= 11 is 0. The Kier molecular flexibility index (Phi) is 6.56. The van der Waals surface area contributed by atoms with Gasteiger partial charge in [-0.1, -0.05) is 0 Å². The molecule has 0 bridgehead atoms. The highest BCUT2D eigenvalue weighted by Gasteiger charge is 2.43. The monoisotopic (exact) mass is 383 g/mol. The fourth-order valence-corrected chi connectivity index (χ4v) is 4.72. The Bertz CT molecular complexity index is 537. The van der Waals surface area contributed by atoms with E-state index in [0.29, 0.717) is 0 Å². The van der Waals surface area contributed by atoms with Crippen LogP contribution in [0, 0.1) is 0 Å². The molecule has 0 aromatic rings. The van der Waals surface area contributed by atoms with Crippen LogP contribution in [0.5, 0.6) is 0 Å². The zero-order valence-corrected chi connectivity index (χ0v) is 13.3. The molecule has 2 unspecified atom stereocenters. The van der Waals surface area contributed by atoms with E-state index < -0.39 is 54.0 Å². The van der Waals surface area contributed by atoms with Gasteiger partial charge in [0, 0.05) is 0 Å². The van der Waals surface area contributed by atoms with E-state index >= 15 is 0 Å². The van der Waals surface area contributed by atoms with Crippen molar-refractivity contribution in [2.45, 2.75) is 24.4 Å². The van der Waals surface area contributed by atoms with E-state index in [2.05, 4.69) is 18.7 Å². The van der Waals surface area contributed by atoms with Gasteiger partial charge in [-0.25, -0.2) is 13.4 Å². The van der Waals surface area contributed by atoms with Crippen molar-refractivity contribution in [2.24, 2.45) is 0 Å². The van der Waals surface area contributed by atoms with Crippen LogP contribution in [0.15, 0.2) is 0 Å². The van der Waals surface area contributed by atoms with Crippen LogP contribution in [0.4, 0.5) is 0 Å². The van der Waals surface area contributed by atoms with Crippen LogP contribution < -0.4 is 5.32 Å². The van der Waals surface area contributed by atoms with Crippen molar-refractivity contribution < 1.29 is 56.8 Å². The fourth-order valence-electron chi connectivity index (χ4n) is 1.43. The molecule has 0 aliphatic carbocycles. The highest BCUT2D eigenvalue weighted by Crippen LogP contribution is 2.65. The van der Waals surface area contributed by atoms with Gasteiger partial charge in [-0.15, -0.1) is 0 Å². The molecule has 22 heavy (non-hydrogen) atoms. The average molecular weight is 383 g/mol. The van der Waals surface area contributed by atoms with E-state index in [1.165, 1.54) is 0 Å². The van der Waals surface area contributed by atoms with Crippen LogP contribution in [-0.4, -0.2) is 68.4 Å². The lowest BCUT2D eigenvalue weighted by Gasteiger charge is -2.20. The molecule has 1 heterocycles. The lowest BCUT2D eigenvalue weighted by atomic mass is 9.92. The predicted octanol–water partition coefficient (Wildman–Crippen LogP) is -2.48. The largest absolute Gasteiger partial charge is 0.488 e. The molecule has 13 nitrogen and oxygen atoms in total. The summed E-state index contributed by atoms with van der Waals surface area (Å²) in [6.45, 7) is 0. The van der Waals surface area contributed by atoms with Crippen molar-refractivity contribution in [1.82, 2.24) is 5.32 Å². The standard InChI is InChI=1S/C5H13BNO12P3/c6-4-2(8)3(9)5(7-4)17-1-20(10,11)18-22(15,16)19-21(12,13)14/h2-5,7-9H,1H2,(H,10,11)(H,15,16)(H2,12,13,14)/t2-,3+,4-,5-/m1/s1.